The van der Waals surface area contributed by atoms with E-state index in [0.717, 1.165) is 17.8 Å². The smallest absolute Gasteiger partial charge is 0.0192 e. The van der Waals surface area contributed by atoms with Gasteiger partial charge in [-0.2, -0.15) is 0 Å². The molecule has 1 atom stereocenters. The Morgan fingerprint density at radius 2 is 1.81 bits per heavy atom. The van der Waals surface area contributed by atoms with Crippen molar-refractivity contribution in [2.75, 3.05) is 26.2 Å². The fourth-order valence-electron chi connectivity index (χ4n) is 2.82. The van der Waals surface area contributed by atoms with E-state index in [4.69, 9.17) is 0 Å². The van der Waals surface area contributed by atoms with Crippen molar-refractivity contribution in [3.8, 4) is 0 Å². The molecule has 0 spiro atoms. The van der Waals surface area contributed by atoms with Gasteiger partial charge in [-0.15, -0.1) is 0 Å². The molecule has 1 fully saturated rings. The van der Waals surface area contributed by atoms with E-state index in [1.54, 1.807) is 0 Å². The highest BCUT2D eigenvalue weighted by molar-refractivity contribution is 4.80. The Labute approximate surface area is 102 Å². The van der Waals surface area contributed by atoms with E-state index in [-0.39, 0.29) is 0 Å². The van der Waals surface area contributed by atoms with E-state index < -0.39 is 0 Å². The molecule has 0 aromatic rings. The molecular weight excluding hydrogens is 196 g/mol. The van der Waals surface area contributed by atoms with Crippen LogP contribution in [0.5, 0.6) is 0 Å². The molecule has 1 unspecified atom stereocenters. The number of rotatable bonds is 5. The summed E-state index contributed by atoms with van der Waals surface area (Å²) >= 11 is 0. The van der Waals surface area contributed by atoms with Crippen LogP contribution in [-0.2, 0) is 0 Å². The van der Waals surface area contributed by atoms with E-state index in [9.17, 15) is 0 Å². The minimum absolute atomic E-state index is 0.716. The van der Waals surface area contributed by atoms with Crippen molar-refractivity contribution in [3.63, 3.8) is 0 Å². The molecular formula is C14H30N2. The fraction of sp³-hybridized carbons (Fsp3) is 1.00. The van der Waals surface area contributed by atoms with Crippen molar-refractivity contribution in [1.82, 2.24) is 10.2 Å². The normalized spacial score (nSPS) is 23.6. The van der Waals surface area contributed by atoms with Crippen molar-refractivity contribution in [3.05, 3.63) is 0 Å². The zero-order valence-electron chi connectivity index (χ0n) is 11.8. The van der Waals surface area contributed by atoms with Crippen molar-refractivity contribution in [2.45, 2.75) is 47.1 Å². The van der Waals surface area contributed by atoms with Crippen LogP contribution in [-0.4, -0.2) is 37.1 Å². The lowest BCUT2D eigenvalue weighted by molar-refractivity contribution is 0.131. The molecule has 96 valence electrons. The van der Waals surface area contributed by atoms with Crippen molar-refractivity contribution in [2.24, 2.45) is 17.8 Å². The second kappa shape index (κ2) is 6.61. The van der Waals surface area contributed by atoms with Gasteiger partial charge in [0.2, 0.25) is 0 Å². The van der Waals surface area contributed by atoms with E-state index >= 15 is 0 Å². The topological polar surface area (TPSA) is 15.3 Å². The Balaban J connectivity index is 2.44. The van der Waals surface area contributed by atoms with Crippen LogP contribution in [0.2, 0.25) is 0 Å². The van der Waals surface area contributed by atoms with Crippen molar-refractivity contribution >= 4 is 0 Å². The molecule has 1 aliphatic heterocycles. The Bertz CT molecular complexity index is 181. The predicted molar refractivity (Wildman–Crippen MR) is 71.7 cm³/mol. The van der Waals surface area contributed by atoms with E-state index in [1.165, 1.54) is 32.6 Å². The molecule has 1 aliphatic rings. The zero-order valence-corrected chi connectivity index (χ0v) is 11.8. The van der Waals surface area contributed by atoms with Gasteiger partial charge in [0, 0.05) is 32.2 Å². The summed E-state index contributed by atoms with van der Waals surface area (Å²) in [7, 11) is 0. The third kappa shape index (κ3) is 4.06. The average Bonchev–Trinajstić information content (AvgIpc) is 2.25. The van der Waals surface area contributed by atoms with E-state index in [1.807, 2.05) is 0 Å². The molecule has 0 aromatic carbocycles. The molecule has 0 radical (unpaired) electrons. The molecule has 1 rings (SSSR count). The summed E-state index contributed by atoms with van der Waals surface area (Å²) < 4.78 is 0. The minimum atomic E-state index is 0.716. The molecule has 0 saturated carbocycles. The summed E-state index contributed by atoms with van der Waals surface area (Å²) in [5, 5.41) is 3.59. The van der Waals surface area contributed by atoms with Crippen LogP contribution < -0.4 is 5.32 Å². The van der Waals surface area contributed by atoms with Gasteiger partial charge in [0.25, 0.3) is 0 Å². The first-order valence-corrected chi connectivity index (χ1v) is 7.00. The highest BCUT2D eigenvalue weighted by atomic mass is 15.2. The Morgan fingerprint density at radius 3 is 2.31 bits per heavy atom. The van der Waals surface area contributed by atoms with Crippen LogP contribution in [0.1, 0.15) is 41.0 Å². The zero-order chi connectivity index (χ0) is 12.1. The molecule has 1 saturated heterocycles. The number of hydrogen-bond donors (Lipinski definition) is 1. The molecule has 1 N–H and O–H groups in total. The summed E-state index contributed by atoms with van der Waals surface area (Å²) in [6.45, 7) is 16.7. The molecule has 0 aliphatic carbocycles. The summed E-state index contributed by atoms with van der Waals surface area (Å²) in [4.78, 5) is 2.66. The van der Waals surface area contributed by atoms with Gasteiger partial charge in [-0.25, -0.2) is 0 Å². The lowest BCUT2D eigenvalue weighted by atomic mass is 9.85. The van der Waals surface area contributed by atoms with Crippen molar-refractivity contribution in [1.29, 1.82) is 0 Å². The lowest BCUT2D eigenvalue weighted by Gasteiger charge is -2.37. The molecule has 0 amide bonds. The Morgan fingerprint density at radius 1 is 1.19 bits per heavy atom. The summed E-state index contributed by atoms with van der Waals surface area (Å²) in [6, 6.07) is 0.716. The first-order chi connectivity index (χ1) is 7.54. The number of hydrogen-bond acceptors (Lipinski definition) is 2. The van der Waals surface area contributed by atoms with E-state index in [2.05, 4.69) is 44.8 Å². The first-order valence-electron chi connectivity index (χ1n) is 7.00. The van der Waals surface area contributed by atoms with Crippen LogP contribution in [0.25, 0.3) is 0 Å². The van der Waals surface area contributed by atoms with Gasteiger partial charge in [-0.05, 0) is 24.2 Å². The maximum Gasteiger partial charge on any atom is 0.0192 e. The second-order valence-electron chi connectivity index (χ2n) is 5.97. The number of nitrogens with zero attached hydrogens (tertiary/aromatic N) is 1. The highest BCUT2D eigenvalue weighted by Gasteiger charge is 2.24. The standard InChI is InChI=1S/C14H30N2/c1-6-13-9-16(8-7-15-13)10-14(11(2)3)12(4)5/h11-15H,6-10H2,1-5H3. The number of nitrogens with one attached hydrogen (secondary N) is 1. The largest absolute Gasteiger partial charge is 0.311 e. The SMILES string of the molecule is CCC1CN(CC(C(C)C)C(C)C)CCN1. The Hall–Kier alpha value is -0.0800. The Kier molecular flexibility index (Phi) is 5.77. The second-order valence-corrected chi connectivity index (χ2v) is 5.97. The molecule has 0 bridgehead atoms. The predicted octanol–water partition coefficient (Wildman–Crippen LogP) is 2.60. The third-order valence-corrected chi connectivity index (χ3v) is 4.01. The maximum absolute atomic E-state index is 3.59. The third-order valence-electron chi connectivity index (χ3n) is 4.01. The fourth-order valence-corrected chi connectivity index (χ4v) is 2.82. The summed E-state index contributed by atoms with van der Waals surface area (Å²) in [6.07, 6.45) is 1.25. The van der Waals surface area contributed by atoms with Crippen LogP contribution >= 0.6 is 0 Å². The monoisotopic (exact) mass is 226 g/mol. The molecule has 2 heteroatoms. The molecule has 2 nitrogen and oxygen atoms in total. The van der Waals surface area contributed by atoms with Gasteiger partial charge < -0.3 is 10.2 Å². The number of piperazine rings is 1. The van der Waals surface area contributed by atoms with Gasteiger partial charge in [-0.1, -0.05) is 34.6 Å². The first kappa shape index (κ1) is 14.0. The molecule has 1 heterocycles. The van der Waals surface area contributed by atoms with Crippen LogP contribution in [0.15, 0.2) is 0 Å². The van der Waals surface area contributed by atoms with Crippen LogP contribution in [0.3, 0.4) is 0 Å². The maximum atomic E-state index is 3.59. The molecule has 0 aromatic heterocycles. The van der Waals surface area contributed by atoms with Crippen LogP contribution in [0, 0.1) is 17.8 Å². The van der Waals surface area contributed by atoms with Crippen molar-refractivity contribution < 1.29 is 0 Å². The minimum Gasteiger partial charge on any atom is -0.311 e. The summed E-state index contributed by atoms with van der Waals surface area (Å²) in [5.41, 5.74) is 0. The average molecular weight is 226 g/mol. The lowest BCUT2D eigenvalue weighted by Crippen LogP contribution is -2.52. The van der Waals surface area contributed by atoms with Gasteiger partial charge >= 0.3 is 0 Å². The van der Waals surface area contributed by atoms with Gasteiger partial charge in [0.05, 0.1) is 0 Å². The van der Waals surface area contributed by atoms with Crippen LogP contribution in [0.4, 0.5) is 0 Å². The quantitative estimate of drug-likeness (QED) is 0.775. The van der Waals surface area contributed by atoms with Gasteiger partial charge in [-0.3, -0.25) is 0 Å². The highest BCUT2D eigenvalue weighted by Crippen LogP contribution is 2.22. The molecule has 16 heavy (non-hydrogen) atoms. The van der Waals surface area contributed by atoms with Gasteiger partial charge in [0.1, 0.15) is 0 Å². The van der Waals surface area contributed by atoms with Gasteiger partial charge in [0.15, 0.2) is 0 Å². The van der Waals surface area contributed by atoms with E-state index in [0.29, 0.717) is 6.04 Å². The summed E-state index contributed by atoms with van der Waals surface area (Å²) in [5.74, 6) is 2.44.